The molecule has 0 aliphatic carbocycles. The maximum absolute atomic E-state index is 11.7. The molecule has 3 rings (SSSR count). The molecule has 0 saturated heterocycles. The Morgan fingerprint density at radius 3 is 2.54 bits per heavy atom. The number of nitrogen functional groups attached to an aromatic ring is 1. The lowest BCUT2D eigenvalue weighted by atomic mass is 10.2. The minimum atomic E-state index is -0.360. The molecule has 4 N–H and O–H groups in total. The quantitative estimate of drug-likeness (QED) is 0.512. The van der Waals surface area contributed by atoms with Gasteiger partial charge < -0.3 is 21.1 Å². The SMILES string of the molecule is CCOC(=O)c1ccc(Nc2ncnc(NCc3ccccc3Cl)c2N)cc1. The summed E-state index contributed by atoms with van der Waals surface area (Å²) in [6.07, 6.45) is 1.42. The molecule has 0 atom stereocenters. The lowest BCUT2D eigenvalue weighted by molar-refractivity contribution is 0.0526. The summed E-state index contributed by atoms with van der Waals surface area (Å²) >= 11 is 6.17. The van der Waals surface area contributed by atoms with Crippen molar-refractivity contribution < 1.29 is 9.53 Å². The second-order valence-corrected chi connectivity index (χ2v) is 6.26. The molecule has 0 aliphatic heterocycles. The number of carbonyl (C=O) groups is 1. The van der Waals surface area contributed by atoms with E-state index < -0.39 is 0 Å². The van der Waals surface area contributed by atoms with Crippen LogP contribution < -0.4 is 16.4 Å². The van der Waals surface area contributed by atoms with Crippen LogP contribution in [0.1, 0.15) is 22.8 Å². The summed E-state index contributed by atoms with van der Waals surface area (Å²) in [7, 11) is 0. The summed E-state index contributed by atoms with van der Waals surface area (Å²) in [5.41, 5.74) is 8.72. The monoisotopic (exact) mass is 397 g/mol. The van der Waals surface area contributed by atoms with Crippen molar-refractivity contribution in [1.82, 2.24) is 9.97 Å². The number of carbonyl (C=O) groups excluding carboxylic acids is 1. The van der Waals surface area contributed by atoms with Crippen LogP contribution in [-0.2, 0) is 11.3 Å². The number of anilines is 4. The van der Waals surface area contributed by atoms with Crippen LogP contribution in [0.4, 0.5) is 23.0 Å². The molecule has 0 fully saturated rings. The Balaban J connectivity index is 1.70. The van der Waals surface area contributed by atoms with Crippen LogP contribution in [0.15, 0.2) is 54.9 Å². The van der Waals surface area contributed by atoms with Gasteiger partial charge in [-0.25, -0.2) is 14.8 Å². The Morgan fingerprint density at radius 2 is 1.82 bits per heavy atom. The van der Waals surface area contributed by atoms with Crippen molar-refractivity contribution in [3.63, 3.8) is 0 Å². The van der Waals surface area contributed by atoms with Crippen LogP contribution in [0.3, 0.4) is 0 Å². The highest BCUT2D eigenvalue weighted by Gasteiger charge is 2.10. The summed E-state index contributed by atoms with van der Waals surface area (Å²) in [5, 5.41) is 6.97. The van der Waals surface area contributed by atoms with Gasteiger partial charge >= 0.3 is 5.97 Å². The molecule has 0 unspecified atom stereocenters. The zero-order valence-corrected chi connectivity index (χ0v) is 16.0. The van der Waals surface area contributed by atoms with Crippen LogP contribution in [0, 0.1) is 0 Å². The fraction of sp³-hybridized carbons (Fsp3) is 0.150. The van der Waals surface area contributed by atoms with E-state index in [0.717, 1.165) is 11.3 Å². The van der Waals surface area contributed by atoms with Crippen LogP contribution in [-0.4, -0.2) is 22.5 Å². The Kier molecular flexibility index (Phi) is 6.29. The lowest BCUT2D eigenvalue weighted by Gasteiger charge is -2.13. The Labute approximate surface area is 167 Å². The van der Waals surface area contributed by atoms with Crippen molar-refractivity contribution >= 4 is 40.6 Å². The lowest BCUT2D eigenvalue weighted by Crippen LogP contribution is -2.08. The van der Waals surface area contributed by atoms with Crippen LogP contribution in [0.5, 0.6) is 0 Å². The van der Waals surface area contributed by atoms with Gasteiger partial charge in [0.25, 0.3) is 0 Å². The van der Waals surface area contributed by atoms with Crippen LogP contribution in [0.25, 0.3) is 0 Å². The van der Waals surface area contributed by atoms with Gasteiger partial charge in [0.1, 0.15) is 12.0 Å². The molecule has 2 aromatic carbocycles. The van der Waals surface area contributed by atoms with E-state index in [-0.39, 0.29) is 5.97 Å². The standard InChI is InChI=1S/C20H20ClN5O2/c1-2-28-20(27)13-7-9-15(10-8-13)26-19-17(22)18(24-12-25-19)23-11-14-5-3-4-6-16(14)21/h3-10,12H,2,11,22H2,1H3,(H2,23,24,25,26). The third-order valence-corrected chi connectivity index (χ3v) is 4.32. The van der Waals surface area contributed by atoms with Gasteiger partial charge in [0.05, 0.1) is 12.2 Å². The number of rotatable bonds is 7. The number of hydrogen-bond donors (Lipinski definition) is 3. The zero-order valence-electron chi connectivity index (χ0n) is 15.3. The number of nitrogens with zero attached hydrogens (tertiary/aromatic N) is 2. The van der Waals surface area contributed by atoms with E-state index in [9.17, 15) is 4.79 Å². The molecule has 0 aliphatic rings. The van der Waals surface area contributed by atoms with Gasteiger partial charge in [-0.2, -0.15) is 0 Å². The molecular formula is C20H20ClN5O2. The van der Waals surface area contributed by atoms with Crippen LogP contribution in [0.2, 0.25) is 5.02 Å². The van der Waals surface area contributed by atoms with Crippen molar-refractivity contribution in [2.45, 2.75) is 13.5 Å². The predicted molar refractivity (Wildman–Crippen MR) is 111 cm³/mol. The molecule has 0 bridgehead atoms. The van der Waals surface area contributed by atoms with E-state index in [1.54, 1.807) is 31.2 Å². The van der Waals surface area contributed by atoms with Crippen molar-refractivity contribution in [3.05, 3.63) is 71.0 Å². The first kappa shape index (κ1) is 19.4. The third-order valence-electron chi connectivity index (χ3n) is 3.95. The first-order valence-electron chi connectivity index (χ1n) is 8.70. The van der Waals surface area contributed by atoms with Crippen LogP contribution >= 0.6 is 11.6 Å². The number of hydrogen-bond acceptors (Lipinski definition) is 7. The van der Waals surface area contributed by atoms with Gasteiger partial charge in [-0.15, -0.1) is 0 Å². The molecule has 1 heterocycles. The number of nitrogens with one attached hydrogen (secondary N) is 2. The number of halogens is 1. The van der Waals surface area contributed by atoms with Gasteiger partial charge in [-0.1, -0.05) is 29.8 Å². The largest absolute Gasteiger partial charge is 0.462 e. The van der Waals surface area contributed by atoms with E-state index in [0.29, 0.717) is 41.1 Å². The highest BCUT2D eigenvalue weighted by molar-refractivity contribution is 6.31. The average Bonchev–Trinajstić information content (AvgIpc) is 2.70. The van der Waals surface area contributed by atoms with Gasteiger partial charge in [-0.3, -0.25) is 0 Å². The Morgan fingerprint density at radius 1 is 1.11 bits per heavy atom. The third kappa shape index (κ3) is 4.69. The maximum atomic E-state index is 11.7. The van der Waals surface area contributed by atoms with E-state index in [1.807, 2.05) is 24.3 Å². The highest BCUT2D eigenvalue weighted by atomic mass is 35.5. The predicted octanol–water partition coefficient (Wildman–Crippen LogP) is 4.24. The van der Waals surface area contributed by atoms with E-state index >= 15 is 0 Å². The fourth-order valence-corrected chi connectivity index (χ4v) is 2.70. The maximum Gasteiger partial charge on any atom is 0.338 e. The molecule has 7 nitrogen and oxygen atoms in total. The molecule has 1 aromatic heterocycles. The summed E-state index contributed by atoms with van der Waals surface area (Å²) < 4.78 is 4.98. The number of esters is 1. The molecule has 0 radical (unpaired) electrons. The van der Waals surface area contributed by atoms with Gasteiger partial charge in [-0.05, 0) is 42.8 Å². The van der Waals surface area contributed by atoms with Crippen molar-refractivity contribution in [3.8, 4) is 0 Å². The second kappa shape index (κ2) is 9.05. The van der Waals surface area contributed by atoms with Crippen molar-refractivity contribution in [1.29, 1.82) is 0 Å². The summed E-state index contributed by atoms with van der Waals surface area (Å²) in [6.45, 7) is 2.58. The Hall–Kier alpha value is -3.32. The summed E-state index contributed by atoms with van der Waals surface area (Å²) in [6, 6.07) is 14.4. The summed E-state index contributed by atoms with van der Waals surface area (Å²) in [5.74, 6) is 0.600. The number of ether oxygens (including phenoxy) is 1. The first-order valence-corrected chi connectivity index (χ1v) is 9.08. The molecule has 0 saturated carbocycles. The normalized spacial score (nSPS) is 10.4. The van der Waals surface area contributed by atoms with Gasteiger partial charge in [0.2, 0.25) is 0 Å². The second-order valence-electron chi connectivity index (χ2n) is 5.85. The first-order chi connectivity index (χ1) is 13.6. The number of aromatic nitrogens is 2. The van der Waals surface area contributed by atoms with Crippen molar-refractivity contribution in [2.24, 2.45) is 0 Å². The van der Waals surface area contributed by atoms with E-state index in [4.69, 9.17) is 22.1 Å². The zero-order chi connectivity index (χ0) is 19.9. The molecular weight excluding hydrogens is 378 g/mol. The van der Waals surface area contributed by atoms with Gasteiger partial charge in [0, 0.05) is 17.3 Å². The van der Waals surface area contributed by atoms with E-state index in [1.165, 1.54) is 6.33 Å². The van der Waals surface area contributed by atoms with Gasteiger partial charge in [0.15, 0.2) is 11.6 Å². The molecule has 3 aromatic rings. The highest BCUT2D eigenvalue weighted by Crippen LogP contribution is 2.27. The fourth-order valence-electron chi connectivity index (χ4n) is 2.50. The number of nitrogens with two attached hydrogens (primary N) is 1. The molecule has 8 heteroatoms. The minimum absolute atomic E-state index is 0.334. The average molecular weight is 398 g/mol. The molecule has 0 amide bonds. The molecule has 144 valence electrons. The smallest absolute Gasteiger partial charge is 0.338 e. The number of benzene rings is 2. The summed E-state index contributed by atoms with van der Waals surface area (Å²) in [4.78, 5) is 20.1. The minimum Gasteiger partial charge on any atom is -0.462 e. The van der Waals surface area contributed by atoms with Crippen molar-refractivity contribution in [2.75, 3.05) is 23.0 Å². The molecule has 28 heavy (non-hydrogen) atoms. The molecule has 0 spiro atoms. The topological polar surface area (TPSA) is 102 Å². The Bertz CT molecular complexity index is 963. The van der Waals surface area contributed by atoms with E-state index in [2.05, 4.69) is 20.6 Å².